The lowest BCUT2D eigenvalue weighted by atomic mass is 9.93. The highest BCUT2D eigenvalue weighted by atomic mass is 16.3. The average molecular weight is 435 g/mol. The lowest BCUT2D eigenvalue weighted by Crippen LogP contribution is -2.30. The molecule has 0 bridgehead atoms. The van der Waals surface area contributed by atoms with E-state index in [0.717, 1.165) is 44.9 Å². The number of carbonyl (C=O) groups excluding carboxylic acids is 1. The summed E-state index contributed by atoms with van der Waals surface area (Å²) in [5, 5.41) is 18.7. The fraction of sp³-hybridized carbons (Fsp3) is 0.417. The molecular formula is C24H30N6O2. The number of hydrogen-bond acceptors (Lipinski definition) is 6. The Balaban J connectivity index is 1.25. The van der Waals surface area contributed by atoms with Crippen LogP contribution >= 0.6 is 0 Å². The topological polar surface area (TPSA) is 112 Å². The normalized spacial score (nSPS) is 18.3. The second-order valence-electron chi connectivity index (χ2n) is 8.27. The zero-order valence-electron chi connectivity index (χ0n) is 18.1. The molecule has 0 radical (unpaired) electrons. The lowest BCUT2D eigenvalue weighted by molar-refractivity contribution is 0.126. The van der Waals surface area contributed by atoms with Gasteiger partial charge >= 0.3 is 6.03 Å². The first kappa shape index (κ1) is 22.0. The van der Waals surface area contributed by atoms with E-state index in [1.54, 1.807) is 18.3 Å². The molecule has 1 aromatic carbocycles. The maximum atomic E-state index is 12.2. The minimum absolute atomic E-state index is 0.193. The Hall–Kier alpha value is -3.26. The second-order valence-corrected chi connectivity index (χ2v) is 8.27. The summed E-state index contributed by atoms with van der Waals surface area (Å²) in [5.41, 5.74) is 2.46. The van der Waals surface area contributed by atoms with Crippen LogP contribution in [-0.2, 0) is 6.42 Å². The van der Waals surface area contributed by atoms with E-state index >= 15 is 0 Å². The average Bonchev–Trinajstić information content (AvgIpc) is 2.81. The van der Waals surface area contributed by atoms with Crippen LogP contribution in [0, 0.1) is 0 Å². The number of aromatic nitrogens is 3. The van der Waals surface area contributed by atoms with Crippen molar-refractivity contribution in [2.75, 3.05) is 17.2 Å². The van der Waals surface area contributed by atoms with E-state index in [4.69, 9.17) is 0 Å². The summed E-state index contributed by atoms with van der Waals surface area (Å²) < 4.78 is 0. The van der Waals surface area contributed by atoms with Crippen molar-refractivity contribution >= 4 is 28.8 Å². The number of nitrogens with zero attached hydrogens (tertiary/aromatic N) is 3. The van der Waals surface area contributed by atoms with Gasteiger partial charge in [0.1, 0.15) is 17.2 Å². The number of benzene rings is 1. The van der Waals surface area contributed by atoms with E-state index in [9.17, 15) is 9.90 Å². The Labute approximate surface area is 187 Å². The Kier molecular flexibility index (Phi) is 7.45. The Morgan fingerprint density at radius 3 is 2.56 bits per heavy atom. The van der Waals surface area contributed by atoms with Gasteiger partial charge in [0.15, 0.2) is 5.65 Å². The molecule has 0 aliphatic heterocycles. The molecule has 8 heteroatoms. The molecule has 2 amide bonds. The Bertz CT molecular complexity index is 1020. The van der Waals surface area contributed by atoms with E-state index in [2.05, 4.69) is 43.0 Å². The summed E-state index contributed by atoms with van der Waals surface area (Å²) in [4.78, 5) is 25.6. The van der Waals surface area contributed by atoms with Crippen molar-refractivity contribution in [1.29, 1.82) is 0 Å². The van der Waals surface area contributed by atoms with Gasteiger partial charge in [0, 0.05) is 12.6 Å². The molecule has 4 N–H and O–H groups in total. The number of anilines is 2. The molecule has 4 rings (SSSR count). The molecule has 0 saturated heterocycles. The van der Waals surface area contributed by atoms with Gasteiger partial charge in [-0.2, -0.15) is 0 Å². The first-order valence-corrected chi connectivity index (χ1v) is 11.3. The van der Waals surface area contributed by atoms with Crippen LogP contribution in [0.3, 0.4) is 0 Å². The molecule has 32 heavy (non-hydrogen) atoms. The van der Waals surface area contributed by atoms with E-state index in [-0.39, 0.29) is 18.2 Å². The largest absolute Gasteiger partial charge is 0.393 e. The highest BCUT2D eigenvalue weighted by Crippen LogP contribution is 2.22. The number of nitrogens with one attached hydrogen (secondary N) is 3. The predicted molar refractivity (Wildman–Crippen MR) is 126 cm³/mol. The van der Waals surface area contributed by atoms with Crippen LogP contribution in [-0.4, -0.2) is 44.8 Å². The molecule has 1 aliphatic carbocycles. The molecule has 8 nitrogen and oxygen atoms in total. The van der Waals surface area contributed by atoms with Gasteiger partial charge in [0.2, 0.25) is 0 Å². The fourth-order valence-electron chi connectivity index (χ4n) is 3.93. The van der Waals surface area contributed by atoms with Crippen LogP contribution in [0.2, 0.25) is 0 Å². The first-order valence-electron chi connectivity index (χ1n) is 11.3. The zero-order chi connectivity index (χ0) is 22.2. The highest BCUT2D eigenvalue weighted by molar-refractivity contribution is 5.89. The summed E-state index contributed by atoms with van der Waals surface area (Å²) in [6, 6.07) is 13.9. The van der Waals surface area contributed by atoms with Gasteiger partial charge in [-0.3, -0.25) is 5.32 Å². The third kappa shape index (κ3) is 6.37. The van der Waals surface area contributed by atoms with Crippen LogP contribution in [0.15, 0.2) is 48.7 Å². The van der Waals surface area contributed by atoms with Crippen molar-refractivity contribution in [2.45, 2.75) is 57.1 Å². The number of aliphatic hydroxyl groups is 1. The number of pyridine rings is 1. The maximum absolute atomic E-state index is 12.2. The van der Waals surface area contributed by atoms with E-state index in [1.165, 1.54) is 5.56 Å². The molecule has 0 unspecified atom stereocenters. The number of carbonyl (C=O) groups is 1. The van der Waals surface area contributed by atoms with Crippen molar-refractivity contribution in [1.82, 2.24) is 20.3 Å². The van der Waals surface area contributed by atoms with Gasteiger partial charge in [-0.1, -0.05) is 30.3 Å². The number of fused-ring (bicyclic) bond motifs is 1. The molecular weight excluding hydrogens is 404 g/mol. The molecule has 0 spiro atoms. The first-order chi connectivity index (χ1) is 15.7. The molecule has 2 aromatic heterocycles. The van der Waals surface area contributed by atoms with Gasteiger partial charge in [-0.25, -0.2) is 19.7 Å². The molecule has 1 saturated carbocycles. The van der Waals surface area contributed by atoms with Crippen molar-refractivity contribution in [3.05, 3.63) is 54.2 Å². The maximum Gasteiger partial charge on any atom is 0.320 e. The highest BCUT2D eigenvalue weighted by Gasteiger charge is 2.19. The zero-order valence-corrected chi connectivity index (χ0v) is 18.1. The SMILES string of the molecule is O=C(NCCCCc1ccccc1)Nc1ccc2ncc(N[C@H]3CC[C@H](O)CC3)nc2n1. The number of amides is 2. The summed E-state index contributed by atoms with van der Waals surface area (Å²) in [6.07, 6.45) is 7.84. The Morgan fingerprint density at radius 2 is 1.75 bits per heavy atom. The Morgan fingerprint density at radius 1 is 0.969 bits per heavy atom. The van der Waals surface area contributed by atoms with Gasteiger partial charge in [0.25, 0.3) is 0 Å². The van der Waals surface area contributed by atoms with Crippen LogP contribution in [0.25, 0.3) is 11.2 Å². The summed E-state index contributed by atoms with van der Waals surface area (Å²) >= 11 is 0. The summed E-state index contributed by atoms with van der Waals surface area (Å²) in [5.74, 6) is 1.10. The quantitative estimate of drug-likeness (QED) is 0.400. The number of rotatable bonds is 8. The third-order valence-electron chi connectivity index (χ3n) is 5.72. The molecule has 2 heterocycles. The summed E-state index contributed by atoms with van der Waals surface area (Å²) in [7, 11) is 0. The third-order valence-corrected chi connectivity index (χ3v) is 5.72. The molecule has 1 fully saturated rings. The van der Waals surface area contributed by atoms with E-state index in [0.29, 0.717) is 29.3 Å². The molecule has 0 atom stereocenters. The number of aryl methyl sites for hydroxylation is 1. The van der Waals surface area contributed by atoms with Gasteiger partial charge in [-0.15, -0.1) is 0 Å². The van der Waals surface area contributed by atoms with Crippen molar-refractivity contribution < 1.29 is 9.90 Å². The molecule has 1 aliphatic rings. The van der Waals surface area contributed by atoms with Gasteiger partial charge in [0.05, 0.1) is 12.3 Å². The van der Waals surface area contributed by atoms with Crippen molar-refractivity contribution in [3.63, 3.8) is 0 Å². The second kappa shape index (κ2) is 10.9. The lowest BCUT2D eigenvalue weighted by Gasteiger charge is -2.26. The minimum Gasteiger partial charge on any atom is -0.393 e. The minimum atomic E-state index is -0.278. The van der Waals surface area contributed by atoms with Crippen LogP contribution in [0.1, 0.15) is 44.1 Å². The summed E-state index contributed by atoms with van der Waals surface area (Å²) in [6.45, 7) is 0.607. The van der Waals surface area contributed by atoms with Gasteiger partial charge < -0.3 is 15.7 Å². The van der Waals surface area contributed by atoms with Crippen molar-refractivity contribution in [2.24, 2.45) is 0 Å². The van der Waals surface area contributed by atoms with Crippen LogP contribution < -0.4 is 16.0 Å². The fourth-order valence-corrected chi connectivity index (χ4v) is 3.93. The molecule has 168 valence electrons. The number of urea groups is 1. The number of aliphatic hydroxyl groups excluding tert-OH is 1. The number of hydrogen-bond donors (Lipinski definition) is 4. The smallest absolute Gasteiger partial charge is 0.320 e. The van der Waals surface area contributed by atoms with Crippen LogP contribution in [0.5, 0.6) is 0 Å². The monoisotopic (exact) mass is 434 g/mol. The van der Waals surface area contributed by atoms with Crippen LogP contribution in [0.4, 0.5) is 16.4 Å². The van der Waals surface area contributed by atoms with Crippen molar-refractivity contribution in [3.8, 4) is 0 Å². The predicted octanol–water partition coefficient (Wildman–Crippen LogP) is 3.88. The molecule has 3 aromatic rings. The van der Waals surface area contributed by atoms with Gasteiger partial charge in [-0.05, 0) is 62.6 Å². The standard InChI is InChI=1S/C24H30N6O2/c31-19-11-9-18(10-12-19)27-22-16-26-20-13-14-21(28-23(20)29-22)30-24(32)25-15-5-4-8-17-6-2-1-3-7-17/h1-3,6-7,13-14,16,18-19,31H,4-5,8-12,15H2,(H3,25,27,28,29,30,32)/t18-,19-. The number of unbranched alkanes of at least 4 members (excludes halogenated alkanes) is 1. The van der Waals surface area contributed by atoms with E-state index in [1.807, 2.05) is 18.2 Å². The van der Waals surface area contributed by atoms with E-state index < -0.39 is 0 Å².